The van der Waals surface area contributed by atoms with Gasteiger partial charge >= 0.3 is 0 Å². The van der Waals surface area contributed by atoms with E-state index >= 15 is 0 Å². The Labute approximate surface area is 186 Å². The van der Waals surface area contributed by atoms with Crippen molar-refractivity contribution in [2.75, 3.05) is 23.3 Å². The zero-order valence-corrected chi connectivity index (χ0v) is 17.8. The minimum absolute atomic E-state index is 0.249. The Morgan fingerprint density at radius 3 is 2.68 bits per heavy atom. The quantitative estimate of drug-likeness (QED) is 0.562. The third-order valence-corrected chi connectivity index (χ3v) is 5.33. The summed E-state index contributed by atoms with van der Waals surface area (Å²) in [6.07, 6.45) is 7.14. The number of nitrogens with zero attached hydrogens (tertiary/aromatic N) is 3. The summed E-state index contributed by atoms with van der Waals surface area (Å²) in [5.74, 6) is 1.39. The van der Waals surface area contributed by atoms with Gasteiger partial charge in [-0.25, -0.2) is 9.37 Å². The van der Waals surface area contributed by atoms with Crippen LogP contribution in [0.2, 0.25) is 0 Å². The van der Waals surface area contributed by atoms with Crippen LogP contribution >= 0.6 is 12.2 Å². The molecule has 0 amide bonds. The molecule has 0 bridgehead atoms. The third-order valence-electron chi connectivity index (χ3n) is 5.11. The molecule has 8 heteroatoms. The summed E-state index contributed by atoms with van der Waals surface area (Å²) in [6.45, 7) is 2.14. The Bertz CT molecular complexity index is 994. The van der Waals surface area contributed by atoms with Crippen molar-refractivity contribution in [3.8, 4) is 5.75 Å². The molecule has 1 fully saturated rings. The fraction of sp³-hybridized carbons (Fsp3) is 0.261. The van der Waals surface area contributed by atoms with Crippen LogP contribution in [-0.2, 0) is 6.61 Å². The molecule has 1 aliphatic heterocycles. The molecular formula is C23H24FN5OS. The SMILES string of the molecule is Fc1ccc(COc2ccnc(N3CCC(NC(=S)Nc4cccnc4)CC3)c2)cc1. The predicted octanol–water partition coefficient (Wildman–Crippen LogP) is 4.15. The summed E-state index contributed by atoms with van der Waals surface area (Å²) in [5.41, 5.74) is 1.79. The normalized spacial score (nSPS) is 14.2. The van der Waals surface area contributed by atoms with Crippen molar-refractivity contribution in [3.05, 3.63) is 78.5 Å². The molecule has 3 aromatic rings. The van der Waals surface area contributed by atoms with Crippen molar-refractivity contribution < 1.29 is 9.13 Å². The highest BCUT2D eigenvalue weighted by atomic mass is 32.1. The monoisotopic (exact) mass is 437 g/mol. The van der Waals surface area contributed by atoms with Crippen LogP contribution in [0.1, 0.15) is 18.4 Å². The van der Waals surface area contributed by atoms with Crippen LogP contribution < -0.4 is 20.3 Å². The van der Waals surface area contributed by atoms with Crippen LogP contribution in [-0.4, -0.2) is 34.2 Å². The minimum Gasteiger partial charge on any atom is -0.489 e. The van der Waals surface area contributed by atoms with Crippen LogP contribution in [0.4, 0.5) is 15.9 Å². The number of ether oxygens (including phenoxy) is 1. The van der Waals surface area contributed by atoms with Crippen molar-refractivity contribution in [1.82, 2.24) is 15.3 Å². The number of rotatable bonds is 6. The van der Waals surface area contributed by atoms with Gasteiger partial charge in [0.1, 0.15) is 24.0 Å². The summed E-state index contributed by atoms with van der Waals surface area (Å²) in [6, 6.07) is 14.2. The van der Waals surface area contributed by atoms with Crippen molar-refractivity contribution in [1.29, 1.82) is 0 Å². The number of piperidine rings is 1. The number of pyridine rings is 2. The predicted molar refractivity (Wildman–Crippen MR) is 124 cm³/mol. The lowest BCUT2D eigenvalue weighted by atomic mass is 10.1. The van der Waals surface area contributed by atoms with Gasteiger partial charge in [0.2, 0.25) is 0 Å². The lowest BCUT2D eigenvalue weighted by molar-refractivity contribution is 0.305. The van der Waals surface area contributed by atoms with E-state index in [9.17, 15) is 4.39 Å². The van der Waals surface area contributed by atoms with E-state index in [0.29, 0.717) is 17.8 Å². The molecule has 31 heavy (non-hydrogen) atoms. The second-order valence-electron chi connectivity index (χ2n) is 7.37. The molecule has 0 aliphatic carbocycles. The van der Waals surface area contributed by atoms with Crippen LogP contribution in [0, 0.1) is 5.82 Å². The molecule has 6 nitrogen and oxygen atoms in total. The van der Waals surface area contributed by atoms with E-state index in [4.69, 9.17) is 17.0 Å². The molecule has 0 unspecified atom stereocenters. The molecule has 1 saturated heterocycles. The number of nitrogens with one attached hydrogen (secondary N) is 2. The topological polar surface area (TPSA) is 62.3 Å². The zero-order chi connectivity index (χ0) is 21.5. The Balaban J connectivity index is 1.26. The summed E-state index contributed by atoms with van der Waals surface area (Å²) in [7, 11) is 0. The number of hydrogen-bond acceptors (Lipinski definition) is 5. The van der Waals surface area contributed by atoms with E-state index in [2.05, 4.69) is 25.5 Å². The van der Waals surface area contributed by atoms with Gasteiger partial charge in [0.15, 0.2) is 5.11 Å². The summed E-state index contributed by atoms with van der Waals surface area (Å²) < 4.78 is 18.9. The first-order chi connectivity index (χ1) is 15.2. The van der Waals surface area contributed by atoms with Crippen LogP contribution in [0.15, 0.2) is 67.1 Å². The van der Waals surface area contributed by atoms with Crippen molar-refractivity contribution in [2.45, 2.75) is 25.5 Å². The number of benzene rings is 1. The van der Waals surface area contributed by atoms with Crippen molar-refractivity contribution in [2.24, 2.45) is 0 Å². The molecular weight excluding hydrogens is 413 g/mol. The third kappa shape index (κ3) is 6.11. The first kappa shape index (κ1) is 21.0. The van der Waals surface area contributed by atoms with E-state index in [1.807, 2.05) is 24.3 Å². The minimum atomic E-state index is -0.249. The van der Waals surface area contributed by atoms with Crippen LogP contribution in [0.25, 0.3) is 0 Å². The highest BCUT2D eigenvalue weighted by Gasteiger charge is 2.21. The van der Waals surface area contributed by atoms with Gasteiger partial charge < -0.3 is 20.3 Å². The average Bonchev–Trinajstić information content (AvgIpc) is 2.80. The van der Waals surface area contributed by atoms with Gasteiger partial charge in [-0.2, -0.15) is 0 Å². The highest BCUT2D eigenvalue weighted by molar-refractivity contribution is 7.80. The van der Waals surface area contributed by atoms with E-state index < -0.39 is 0 Å². The summed E-state index contributed by atoms with van der Waals surface area (Å²) in [5, 5.41) is 7.16. The fourth-order valence-electron chi connectivity index (χ4n) is 3.45. The molecule has 4 rings (SSSR count). The van der Waals surface area contributed by atoms with Gasteiger partial charge in [-0.15, -0.1) is 0 Å². The maximum absolute atomic E-state index is 13.0. The molecule has 1 aliphatic rings. The molecule has 0 radical (unpaired) electrons. The van der Waals surface area contributed by atoms with Crippen LogP contribution in [0.5, 0.6) is 5.75 Å². The fourth-order valence-corrected chi connectivity index (χ4v) is 3.74. The molecule has 3 heterocycles. The number of thiocarbonyl (C=S) groups is 1. The van der Waals surface area contributed by atoms with Gasteiger partial charge in [0.25, 0.3) is 0 Å². The van der Waals surface area contributed by atoms with Gasteiger partial charge in [-0.05, 0) is 61.0 Å². The molecule has 0 saturated carbocycles. The first-order valence-corrected chi connectivity index (χ1v) is 10.6. The maximum atomic E-state index is 13.0. The Kier molecular flexibility index (Phi) is 6.89. The standard InChI is InChI=1S/C23H24FN5OS/c24-18-5-3-17(4-6-18)16-30-21-7-11-26-22(14-21)29-12-8-19(9-13-29)27-23(31)28-20-2-1-10-25-15-20/h1-7,10-11,14-15,19H,8-9,12-13,16H2,(H2,27,28,31). The molecule has 0 spiro atoms. The Hall–Kier alpha value is -3.26. The number of halogens is 1. The lowest BCUT2D eigenvalue weighted by Crippen LogP contribution is -2.46. The van der Waals surface area contributed by atoms with Gasteiger partial charge in [-0.3, -0.25) is 4.98 Å². The second kappa shape index (κ2) is 10.2. The number of hydrogen-bond donors (Lipinski definition) is 2. The molecule has 2 N–H and O–H groups in total. The van der Waals surface area contributed by atoms with E-state index in [0.717, 1.165) is 48.7 Å². The molecule has 160 valence electrons. The van der Waals surface area contributed by atoms with E-state index in [-0.39, 0.29) is 5.82 Å². The van der Waals surface area contributed by atoms with Crippen molar-refractivity contribution >= 4 is 28.8 Å². The van der Waals surface area contributed by atoms with Gasteiger partial charge in [-0.1, -0.05) is 12.1 Å². The molecule has 2 aromatic heterocycles. The largest absolute Gasteiger partial charge is 0.489 e. The average molecular weight is 438 g/mol. The summed E-state index contributed by atoms with van der Waals surface area (Å²) >= 11 is 5.42. The maximum Gasteiger partial charge on any atom is 0.171 e. The smallest absolute Gasteiger partial charge is 0.171 e. The highest BCUT2D eigenvalue weighted by Crippen LogP contribution is 2.23. The van der Waals surface area contributed by atoms with Crippen LogP contribution in [0.3, 0.4) is 0 Å². The van der Waals surface area contributed by atoms with E-state index in [1.165, 1.54) is 12.1 Å². The first-order valence-electron chi connectivity index (χ1n) is 10.2. The Morgan fingerprint density at radius 2 is 1.94 bits per heavy atom. The molecule has 0 atom stereocenters. The second-order valence-corrected chi connectivity index (χ2v) is 7.77. The Morgan fingerprint density at radius 1 is 1.13 bits per heavy atom. The lowest BCUT2D eigenvalue weighted by Gasteiger charge is -2.33. The summed E-state index contributed by atoms with van der Waals surface area (Å²) in [4.78, 5) is 10.8. The van der Waals surface area contributed by atoms with Gasteiger partial charge in [0.05, 0.1) is 11.9 Å². The molecule has 1 aromatic carbocycles. The number of aromatic nitrogens is 2. The van der Waals surface area contributed by atoms with Crippen molar-refractivity contribution in [3.63, 3.8) is 0 Å². The zero-order valence-electron chi connectivity index (χ0n) is 17.0. The van der Waals surface area contributed by atoms with Gasteiger partial charge in [0, 0.05) is 37.6 Å². The number of anilines is 2. The van der Waals surface area contributed by atoms with E-state index in [1.54, 1.807) is 30.7 Å².